The number of thioether (sulfide) groups is 1. The number of alkyl halides is 1. The van der Waals surface area contributed by atoms with Gasteiger partial charge in [-0.25, -0.2) is 13.6 Å². The summed E-state index contributed by atoms with van der Waals surface area (Å²) < 4.78 is 33.8. The van der Waals surface area contributed by atoms with Crippen LogP contribution in [-0.4, -0.2) is 46.9 Å². The third-order valence-electron chi connectivity index (χ3n) is 7.36. The summed E-state index contributed by atoms with van der Waals surface area (Å²) in [7, 11) is 0. The maximum absolute atomic E-state index is 14.7. The average Bonchev–Trinajstić information content (AvgIpc) is 3.61. The summed E-state index contributed by atoms with van der Waals surface area (Å²) >= 11 is 7.73. The SMILES string of the molecule is C=c1cc(C2=C3C[C@@]4(COC(=O)N4)CN3C(C3CC=CS3)=N[C@@H]2c2ccc(Cl)c(F)c2)cc/c1=C/C(C)F. The van der Waals surface area contributed by atoms with Crippen LogP contribution in [0.4, 0.5) is 13.6 Å². The standard InChI is InChI=1S/C29H26ClF2N3O2S/c1-16-10-19(6-5-18(16)11-17(2)31)25-23-13-29(15-37-28(36)34-29)14-35(23)27(24-4-3-9-38-24)33-26(25)20-7-8-21(30)22(32)12-20/h3,5-12,17,24,26H,1,4,13-15H2,2H3,(H,34,36)/b18-11-/t17?,24?,26-,29+/m1/s1. The topological polar surface area (TPSA) is 53.9 Å². The molecule has 4 atom stereocenters. The van der Waals surface area contributed by atoms with Gasteiger partial charge in [-0.2, -0.15) is 0 Å². The molecule has 1 spiro atoms. The zero-order valence-corrected chi connectivity index (χ0v) is 22.3. The molecule has 2 saturated heterocycles. The molecule has 2 unspecified atom stereocenters. The van der Waals surface area contributed by atoms with Crippen LogP contribution >= 0.6 is 23.4 Å². The van der Waals surface area contributed by atoms with Gasteiger partial charge in [0.05, 0.1) is 16.8 Å². The van der Waals surface area contributed by atoms with Crippen LogP contribution in [-0.2, 0) is 4.74 Å². The third-order valence-corrected chi connectivity index (χ3v) is 8.75. The van der Waals surface area contributed by atoms with Crippen molar-refractivity contribution >= 4 is 53.5 Å². The Bertz CT molecular complexity index is 1530. The van der Waals surface area contributed by atoms with Crippen molar-refractivity contribution in [1.29, 1.82) is 0 Å². The Balaban J connectivity index is 1.56. The number of nitrogens with zero attached hydrogens (tertiary/aromatic N) is 2. The Morgan fingerprint density at radius 1 is 1.34 bits per heavy atom. The van der Waals surface area contributed by atoms with E-state index < -0.39 is 29.7 Å². The molecule has 1 amide bonds. The number of amidine groups is 1. The van der Waals surface area contributed by atoms with Crippen molar-refractivity contribution in [3.63, 3.8) is 0 Å². The molecule has 0 aliphatic carbocycles. The number of rotatable bonds is 4. The minimum absolute atomic E-state index is 0.0473. The smallest absolute Gasteiger partial charge is 0.407 e. The molecule has 0 bridgehead atoms. The molecule has 6 rings (SSSR count). The maximum atomic E-state index is 14.7. The van der Waals surface area contributed by atoms with Gasteiger partial charge in [0.2, 0.25) is 0 Å². The zero-order valence-electron chi connectivity index (χ0n) is 20.7. The van der Waals surface area contributed by atoms with Gasteiger partial charge in [0.15, 0.2) is 0 Å². The molecule has 0 saturated carbocycles. The molecular formula is C29H26ClF2N3O2S. The van der Waals surface area contributed by atoms with E-state index in [1.54, 1.807) is 23.9 Å². The number of amides is 1. The van der Waals surface area contributed by atoms with E-state index >= 15 is 0 Å². The molecular weight excluding hydrogens is 528 g/mol. The quantitative estimate of drug-likeness (QED) is 0.573. The Kier molecular flexibility index (Phi) is 6.35. The highest BCUT2D eigenvalue weighted by molar-refractivity contribution is 8.03. The molecule has 38 heavy (non-hydrogen) atoms. The molecule has 4 heterocycles. The van der Waals surface area contributed by atoms with E-state index in [1.165, 1.54) is 19.1 Å². The van der Waals surface area contributed by atoms with Gasteiger partial charge in [0.25, 0.3) is 0 Å². The summed E-state index contributed by atoms with van der Waals surface area (Å²) in [6.07, 6.45) is 3.47. The number of ether oxygens (including phenoxy) is 1. The van der Waals surface area contributed by atoms with Crippen molar-refractivity contribution < 1.29 is 18.3 Å². The van der Waals surface area contributed by atoms with Crippen LogP contribution < -0.4 is 15.8 Å². The van der Waals surface area contributed by atoms with Crippen LogP contribution in [0.25, 0.3) is 18.2 Å². The molecule has 2 aromatic carbocycles. The highest BCUT2D eigenvalue weighted by Gasteiger charge is 2.52. The number of aliphatic imine (C=N–C) groups is 1. The first-order valence-electron chi connectivity index (χ1n) is 12.5. The molecule has 196 valence electrons. The van der Waals surface area contributed by atoms with E-state index in [1.807, 2.05) is 18.2 Å². The van der Waals surface area contributed by atoms with Crippen molar-refractivity contribution in [2.75, 3.05) is 13.2 Å². The number of cyclic esters (lactones) is 1. The average molecular weight is 554 g/mol. The first-order chi connectivity index (χ1) is 18.2. The first-order valence-corrected chi connectivity index (χ1v) is 13.8. The van der Waals surface area contributed by atoms with E-state index in [2.05, 4.69) is 28.3 Å². The van der Waals surface area contributed by atoms with Crippen LogP contribution in [0.2, 0.25) is 5.02 Å². The number of carbonyl (C=O) groups excluding carboxylic acids is 1. The summed E-state index contributed by atoms with van der Waals surface area (Å²) in [4.78, 5) is 19.6. The number of hydrogen-bond donors (Lipinski definition) is 1. The number of carbonyl (C=O) groups is 1. The van der Waals surface area contributed by atoms with Crippen molar-refractivity contribution in [1.82, 2.24) is 10.2 Å². The molecule has 4 aliphatic rings. The number of nitrogens with one attached hydrogen (secondary N) is 1. The fourth-order valence-corrected chi connectivity index (χ4v) is 6.73. The number of allylic oxidation sites excluding steroid dienone is 1. The predicted octanol–water partition coefficient (Wildman–Crippen LogP) is 5.10. The van der Waals surface area contributed by atoms with Gasteiger partial charge in [-0.15, -0.1) is 11.8 Å². The Morgan fingerprint density at radius 2 is 2.18 bits per heavy atom. The second-order valence-electron chi connectivity index (χ2n) is 10.2. The normalized spacial score (nSPS) is 27.6. The van der Waals surface area contributed by atoms with Crippen molar-refractivity contribution in [2.45, 2.75) is 42.8 Å². The number of hydrogen-bond acceptors (Lipinski definition) is 5. The Labute approximate surface area is 228 Å². The Morgan fingerprint density at radius 3 is 2.84 bits per heavy atom. The summed E-state index contributed by atoms with van der Waals surface area (Å²) in [6, 6.07) is 10.00. The number of alkyl carbamates (subject to hydrolysis) is 1. The second kappa shape index (κ2) is 9.58. The molecule has 0 aromatic heterocycles. The van der Waals surface area contributed by atoms with Gasteiger partial charge >= 0.3 is 6.09 Å². The molecule has 5 nitrogen and oxygen atoms in total. The van der Waals surface area contributed by atoms with Gasteiger partial charge in [-0.1, -0.05) is 42.5 Å². The summed E-state index contributed by atoms with van der Waals surface area (Å²) in [5.74, 6) is 0.381. The largest absolute Gasteiger partial charge is 0.447 e. The van der Waals surface area contributed by atoms with Gasteiger partial charge in [0.1, 0.15) is 36.0 Å². The lowest BCUT2D eigenvalue weighted by molar-refractivity contribution is 0.173. The molecule has 1 N–H and O–H groups in total. The summed E-state index contributed by atoms with van der Waals surface area (Å²) in [5.41, 5.74) is 2.85. The minimum Gasteiger partial charge on any atom is -0.447 e. The highest BCUT2D eigenvalue weighted by atomic mass is 35.5. The van der Waals surface area contributed by atoms with E-state index in [4.69, 9.17) is 21.3 Å². The maximum Gasteiger partial charge on any atom is 0.407 e. The molecule has 4 aliphatic heterocycles. The van der Waals surface area contributed by atoms with Crippen molar-refractivity contribution in [3.05, 3.63) is 86.0 Å². The van der Waals surface area contributed by atoms with Crippen molar-refractivity contribution in [2.24, 2.45) is 4.99 Å². The molecule has 2 aromatic rings. The summed E-state index contributed by atoms with van der Waals surface area (Å²) in [6.45, 7) is 6.42. The van der Waals surface area contributed by atoms with Gasteiger partial charge in [-0.05, 0) is 64.6 Å². The van der Waals surface area contributed by atoms with Gasteiger partial charge in [0, 0.05) is 17.7 Å². The fraction of sp³-hybridized carbons (Fsp3) is 0.310. The van der Waals surface area contributed by atoms with Gasteiger partial charge in [-0.3, -0.25) is 4.99 Å². The Hall–Kier alpha value is -3.10. The fourth-order valence-electron chi connectivity index (χ4n) is 5.67. The van der Waals surface area contributed by atoms with E-state index in [0.717, 1.165) is 29.1 Å². The predicted molar refractivity (Wildman–Crippen MR) is 148 cm³/mol. The third kappa shape index (κ3) is 4.43. The number of benzene rings is 2. The van der Waals surface area contributed by atoms with Crippen molar-refractivity contribution in [3.8, 4) is 0 Å². The lowest BCUT2D eigenvalue weighted by Crippen LogP contribution is -2.48. The van der Waals surface area contributed by atoms with Crippen LogP contribution in [0.1, 0.15) is 36.9 Å². The lowest BCUT2D eigenvalue weighted by atomic mass is 9.87. The van der Waals surface area contributed by atoms with Crippen LogP contribution in [0.15, 0.2) is 58.6 Å². The van der Waals surface area contributed by atoms with E-state index in [0.29, 0.717) is 29.0 Å². The first kappa shape index (κ1) is 25.2. The summed E-state index contributed by atoms with van der Waals surface area (Å²) in [5, 5.41) is 6.66. The number of fused-ring (bicyclic) bond motifs is 1. The van der Waals surface area contributed by atoms with Crippen LogP contribution in [0.5, 0.6) is 0 Å². The highest BCUT2D eigenvalue weighted by Crippen LogP contribution is 2.48. The van der Waals surface area contributed by atoms with E-state index in [9.17, 15) is 13.6 Å². The second-order valence-corrected chi connectivity index (χ2v) is 11.7. The molecule has 2 fully saturated rings. The monoisotopic (exact) mass is 553 g/mol. The van der Waals surface area contributed by atoms with Gasteiger partial charge < -0.3 is 15.0 Å². The van der Waals surface area contributed by atoms with E-state index in [-0.39, 0.29) is 16.9 Å². The van der Waals surface area contributed by atoms with Crippen LogP contribution in [0.3, 0.4) is 0 Å². The molecule has 0 radical (unpaired) electrons. The zero-order chi connectivity index (χ0) is 26.6. The number of halogens is 3. The molecule has 9 heteroatoms. The minimum atomic E-state index is -1.11. The lowest BCUT2D eigenvalue weighted by Gasteiger charge is -2.35. The van der Waals surface area contributed by atoms with Crippen LogP contribution in [0, 0.1) is 5.82 Å².